The molecule has 0 bridgehead atoms. The second kappa shape index (κ2) is 38.3. The third-order valence-electron chi connectivity index (χ3n) is 11.3. The number of hydrogen-bond donors (Lipinski definition) is 7. The van der Waals surface area contributed by atoms with Crippen LogP contribution in [-0.2, 0) is 14.3 Å². The maximum Gasteiger partial charge on any atom is 0.253 e. The number of aliphatic hydroxyl groups excluding tert-OH is 6. The van der Waals surface area contributed by atoms with Crippen LogP contribution < -0.4 is 5.32 Å². The molecule has 1 fully saturated rings. The van der Waals surface area contributed by atoms with Gasteiger partial charge in [-0.3, -0.25) is 4.79 Å². The number of unbranched alkanes of at least 4 members (excludes halogenated alkanes) is 26. The van der Waals surface area contributed by atoms with Gasteiger partial charge in [0.1, 0.15) is 24.4 Å². The van der Waals surface area contributed by atoms with E-state index in [1.165, 1.54) is 154 Å². The Morgan fingerprint density at radius 3 is 1.47 bits per heavy atom. The van der Waals surface area contributed by atoms with E-state index in [-0.39, 0.29) is 6.61 Å². The Balaban J connectivity index is 2.41. The maximum absolute atomic E-state index is 13.0. The highest BCUT2D eigenvalue weighted by molar-refractivity contribution is 5.82. The largest absolute Gasteiger partial charge is 0.394 e. The monoisotopic (exact) mass is 824 g/mol. The Bertz CT molecular complexity index is 1020. The van der Waals surface area contributed by atoms with Gasteiger partial charge >= 0.3 is 0 Å². The van der Waals surface area contributed by atoms with E-state index in [1.807, 2.05) is 12.2 Å². The number of aliphatic hydroxyl groups is 6. The summed E-state index contributed by atoms with van der Waals surface area (Å²) in [6, 6.07) is -1.03. The van der Waals surface area contributed by atoms with Crippen molar-refractivity contribution in [3.8, 4) is 0 Å². The van der Waals surface area contributed by atoms with E-state index in [2.05, 4.69) is 31.3 Å². The second-order valence-electron chi connectivity index (χ2n) is 16.7. The predicted octanol–water partition coefficient (Wildman–Crippen LogP) is 9.03. The lowest BCUT2D eigenvalue weighted by Crippen LogP contribution is -2.60. The smallest absolute Gasteiger partial charge is 0.253 e. The van der Waals surface area contributed by atoms with E-state index >= 15 is 0 Å². The molecule has 1 rings (SSSR count). The first-order valence-corrected chi connectivity index (χ1v) is 23.8. The molecule has 10 heteroatoms. The Morgan fingerprint density at radius 1 is 0.569 bits per heavy atom. The molecule has 1 amide bonds. The third kappa shape index (κ3) is 28.0. The lowest BCUT2D eigenvalue weighted by Gasteiger charge is -2.40. The number of carbonyl (C=O) groups excluding carboxylic acids is 1. The summed E-state index contributed by atoms with van der Waals surface area (Å²) in [7, 11) is 0. The molecule has 1 heterocycles. The van der Waals surface area contributed by atoms with E-state index in [1.54, 1.807) is 6.08 Å². The SMILES string of the molecule is CCCCCCCCC/C=C/CC/C=C/[C@H](O)[C@@H](CO[C@H]1O[C@@H](CO)[C@H](O)[C@@H](O)[C@@H]1O)NC(=O)[C@H](O)/C=C/CCCCCCCCCCCCCCCCCCCC. The molecular weight excluding hydrogens is 735 g/mol. The average Bonchev–Trinajstić information content (AvgIpc) is 3.22. The van der Waals surface area contributed by atoms with E-state index in [0.29, 0.717) is 6.42 Å². The molecule has 0 unspecified atom stereocenters. The number of ether oxygens (including phenoxy) is 2. The van der Waals surface area contributed by atoms with E-state index in [0.717, 1.165) is 32.1 Å². The Kier molecular flexibility index (Phi) is 35.9. The van der Waals surface area contributed by atoms with Crippen molar-refractivity contribution in [2.75, 3.05) is 13.2 Å². The highest BCUT2D eigenvalue weighted by atomic mass is 16.7. The van der Waals surface area contributed by atoms with Crippen molar-refractivity contribution in [3.63, 3.8) is 0 Å². The van der Waals surface area contributed by atoms with Crippen LogP contribution in [0, 0.1) is 0 Å². The zero-order valence-electron chi connectivity index (χ0n) is 36.9. The molecule has 8 atom stereocenters. The molecule has 1 aliphatic rings. The van der Waals surface area contributed by atoms with Crippen LogP contribution in [0.3, 0.4) is 0 Å². The fourth-order valence-electron chi connectivity index (χ4n) is 7.39. The number of hydrogen-bond acceptors (Lipinski definition) is 9. The molecule has 0 aromatic carbocycles. The summed E-state index contributed by atoms with van der Waals surface area (Å²) in [5, 5.41) is 64.5. The van der Waals surface area contributed by atoms with E-state index < -0.39 is 61.5 Å². The van der Waals surface area contributed by atoms with Gasteiger partial charge in [-0.05, 0) is 38.5 Å². The fraction of sp³-hybridized carbons (Fsp3) is 0.854. The average molecular weight is 824 g/mol. The van der Waals surface area contributed by atoms with Gasteiger partial charge in [-0.25, -0.2) is 0 Å². The molecule has 0 aromatic rings. The highest BCUT2D eigenvalue weighted by Gasteiger charge is 2.44. The van der Waals surface area contributed by atoms with Crippen molar-refractivity contribution in [1.29, 1.82) is 0 Å². The van der Waals surface area contributed by atoms with Gasteiger partial charge in [0, 0.05) is 0 Å². The lowest BCUT2D eigenvalue weighted by atomic mass is 9.99. The van der Waals surface area contributed by atoms with Crippen LogP contribution in [0.15, 0.2) is 36.5 Å². The summed E-state index contributed by atoms with van der Waals surface area (Å²) < 4.78 is 11.1. The first-order valence-electron chi connectivity index (χ1n) is 23.8. The summed E-state index contributed by atoms with van der Waals surface area (Å²) in [5.41, 5.74) is 0. The normalized spacial score (nSPS) is 21.7. The summed E-state index contributed by atoms with van der Waals surface area (Å²) >= 11 is 0. The topological polar surface area (TPSA) is 169 Å². The van der Waals surface area contributed by atoms with E-state index in [9.17, 15) is 35.4 Å². The molecule has 7 N–H and O–H groups in total. The molecular formula is C48H89NO9. The fourth-order valence-corrected chi connectivity index (χ4v) is 7.39. The zero-order valence-corrected chi connectivity index (χ0v) is 36.9. The van der Waals surface area contributed by atoms with Gasteiger partial charge in [-0.2, -0.15) is 0 Å². The number of amides is 1. The first kappa shape index (κ1) is 54.4. The summed E-state index contributed by atoms with van der Waals surface area (Å²) in [4.78, 5) is 13.0. The number of rotatable bonds is 39. The van der Waals surface area contributed by atoms with Crippen molar-refractivity contribution in [2.24, 2.45) is 0 Å². The molecule has 0 spiro atoms. The van der Waals surface area contributed by atoms with Crippen molar-refractivity contribution in [3.05, 3.63) is 36.5 Å². The number of carbonyl (C=O) groups is 1. The van der Waals surface area contributed by atoms with E-state index in [4.69, 9.17) is 9.47 Å². The molecule has 0 saturated carbocycles. The van der Waals surface area contributed by atoms with Crippen LogP contribution in [0.4, 0.5) is 0 Å². The summed E-state index contributed by atoms with van der Waals surface area (Å²) in [6.45, 7) is 3.55. The number of nitrogens with one attached hydrogen (secondary N) is 1. The minimum absolute atomic E-state index is 0.339. The molecule has 0 aromatic heterocycles. The van der Waals surface area contributed by atoms with Gasteiger partial charge in [0.05, 0.1) is 25.4 Å². The van der Waals surface area contributed by atoms with Crippen LogP contribution in [0.2, 0.25) is 0 Å². The second-order valence-corrected chi connectivity index (χ2v) is 16.7. The van der Waals surface area contributed by atoms with Gasteiger partial charge < -0.3 is 45.4 Å². The van der Waals surface area contributed by atoms with Crippen molar-refractivity contribution >= 4 is 5.91 Å². The Hall–Kier alpha value is -1.63. The van der Waals surface area contributed by atoms with Crippen LogP contribution in [0.5, 0.6) is 0 Å². The van der Waals surface area contributed by atoms with Gasteiger partial charge in [-0.1, -0.05) is 198 Å². The van der Waals surface area contributed by atoms with Crippen molar-refractivity contribution in [1.82, 2.24) is 5.32 Å². The minimum atomic E-state index is -1.62. The zero-order chi connectivity index (χ0) is 42.5. The van der Waals surface area contributed by atoms with Gasteiger partial charge in [0.15, 0.2) is 12.4 Å². The van der Waals surface area contributed by atoms with Gasteiger partial charge in [0.2, 0.25) is 0 Å². The summed E-state index contributed by atoms with van der Waals surface area (Å²) in [6.07, 6.45) is 37.0. The predicted molar refractivity (Wildman–Crippen MR) is 236 cm³/mol. The Labute approximate surface area is 354 Å². The van der Waals surface area contributed by atoms with Crippen LogP contribution in [-0.4, -0.2) is 98.7 Å². The first-order chi connectivity index (χ1) is 28.3. The molecule has 1 aliphatic heterocycles. The van der Waals surface area contributed by atoms with Crippen LogP contribution in [0.1, 0.15) is 200 Å². The van der Waals surface area contributed by atoms with Crippen molar-refractivity contribution < 1.29 is 44.9 Å². The lowest BCUT2D eigenvalue weighted by molar-refractivity contribution is -0.302. The maximum atomic E-state index is 13.0. The molecule has 0 radical (unpaired) electrons. The highest BCUT2D eigenvalue weighted by Crippen LogP contribution is 2.22. The van der Waals surface area contributed by atoms with Crippen LogP contribution in [0.25, 0.3) is 0 Å². The van der Waals surface area contributed by atoms with Gasteiger partial charge in [-0.15, -0.1) is 0 Å². The third-order valence-corrected chi connectivity index (χ3v) is 11.3. The quantitative estimate of drug-likeness (QED) is 0.0236. The number of allylic oxidation sites excluding steroid dienone is 4. The Morgan fingerprint density at radius 2 is 0.983 bits per heavy atom. The van der Waals surface area contributed by atoms with Gasteiger partial charge in [0.25, 0.3) is 5.91 Å². The molecule has 0 aliphatic carbocycles. The molecule has 340 valence electrons. The molecule has 10 nitrogen and oxygen atoms in total. The summed E-state index contributed by atoms with van der Waals surface area (Å²) in [5.74, 6) is -0.711. The van der Waals surface area contributed by atoms with Crippen LogP contribution >= 0.6 is 0 Å². The molecule has 58 heavy (non-hydrogen) atoms. The van der Waals surface area contributed by atoms with Crippen molar-refractivity contribution in [2.45, 2.75) is 249 Å². The standard InChI is InChI=1S/C48H89NO9/c1-3-5-7-9-11-13-15-17-18-19-20-21-22-23-25-27-29-31-33-35-37-42(52)47(56)49-40(39-57-48-46(55)45(54)44(53)43(38-50)58-48)41(51)36-34-32-30-28-26-24-16-14-12-10-8-6-4-2/h26,28,34-37,40-46,48,50-55H,3-25,27,29-33,38-39H2,1-2H3,(H,49,56)/b28-26+,36-34+,37-35+/t40-,41+,42-,43+,44+,45-,46+,48+/m1/s1. The molecule has 1 saturated heterocycles. The minimum Gasteiger partial charge on any atom is -0.394 e.